The van der Waals surface area contributed by atoms with Crippen molar-refractivity contribution in [2.45, 2.75) is 26.2 Å². The van der Waals surface area contributed by atoms with Gasteiger partial charge >= 0.3 is 0 Å². The highest BCUT2D eigenvalue weighted by Gasteiger charge is 2.06. The van der Waals surface area contributed by atoms with Gasteiger partial charge in [0.2, 0.25) is 0 Å². The molecule has 1 aromatic heterocycles. The summed E-state index contributed by atoms with van der Waals surface area (Å²) < 4.78 is 5.13. The first-order valence-electron chi connectivity index (χ1n) is 8.33. The minimum Gasteiger partial charge on any atom is -0.497 e. The monoisotopic (exact) mass is 327 g/mol. The van der Waals surface area contributed by atoms with Crippen LogP contribution in [0.4, 0.5) is 5.69 Å². The topological polar surface area (TPSA) is 63.2 Å². The van der Waals surface area contributed by atoms with E-state index in [0.717, 1.165) is 42.8 Å². The lowest BCUT2D eigenvalue weighted by Gasteiger charge is -2.08. The van der Waals surface area contributed by atoms with E-state index in [-0.39, 0.29) is 5.91 Å². The number of rotatable bonds is 9. The lowest BCUT2D eigenvalue weighted by Crippen LogP contribution is -2.25. The van der Waals surface area contributed by atoms with Gasteiger partial charge in [-0.05, 0) is 36.6 Å². The summed E-state index contributed by atoms with van der Waals surface area (Å²) in [5.74, 6) is 0.733. The Bertz CT molecular complexity index is 641. The molecule has 24 heavy (non-hydrogen) atoms. The van der Waals surface area contributed by atoms with Crippen molar-refractivity contribution in [3.63, 3.8) is 0 Å². The van der Waals surface area contributed by atoms with Crippen LogP contribution >= 0.6 is 0 Å². The molecule has 0 radical (unpaired) electrons. The first-order chi connectivity index (χ1) is 11.7. The third-order valence-electron chi connectivity index (χ3n) is 3.72. The van der Waals surface area contributed by atoms with E-state index < -0.39 is 0 Å². The average molecular weight is 327 g/mol. The zero-order chi connectivity index (χ0) is 17.2. The zero-order valence-electron chi connectivity index (χ0n) is 14.3. The highest BCUT2D eigenvalue weighted by molar-refractivity contribution is 5.94. The van der Waals surface area contributed by atoms with E-state index in [4.69, 9.17) is 4.74 Å². The van der Waals surface area contributed by atoms with Crippen molar-refractivity contribution in [2.24, 2.45) is 0 Å². The van der Waals surface area contributed by atoms with Gasteiger partial charge in [0, 0.05) is 25.5 Å². The van der Waals surface area contributed by atoms with Gasteiger partial charge in [0.05, 0.1) is 18.4 Å². The Labute approximate surface area is 143 Å². The Hall–Kier alpha value is -2.56. The second-order valence-electron chi connectivity index (χ2n) is 5.60. The minimum atomic E-state index is -0.102. The van der Waals surface area contributed by atoms with Crippen LogP contribution < -0.4 is 15.4 Å². The normalized spacial score (nSPS) is 10.2. The van der Waals surface area contributed by atoms with Gasteiger partial charge in [-0.25, -0.2) is 0 Å². The summed E-state index contributed by atoms with van der Waals surface area (Å²) in [6.07, 6.45) is 6.33. The van der Waals surface area contributed by atoms with Crippen LogP contribution in [-0.4, -0.2) is 31.1 Å². The van der Waals surface area contributed by atoms with Crippen molar-refractivity contribution < 1.29 is 9.53 Å². The van der Waals surface area contributed by atoms with E-state index >= 15 is 0 Å². The maximum Gasteiger partial charge on any atom is 0.252 e. The summed E-state index contributed by atoms with van der Waals surface area (Å²) in [5, 5.41) is 6.21. The summed E-state index contributed by atoms with van der Waals surface area (Å²) in [6.45, 7) is 3.62. The molecule has 0 saturated heterocycles. The van der Waals surface area contributed by atoms with Gasteiger partial charge in [-0.2, -0.15) is 0 Å². The number of nitrogens with one attached hydrogen (secondary N) is 2. The van der Waals surface area contributed by atoms with Crippen LogP contribution in [-0.2, 0) is 6.42 Å². The Balaban J connectivity index is 1.82. The predicted octanol–water partition coefficient (Wildman–Crippen LogP) is 3.27. The fourth-order valence-corrected chi connectivity index (χ4v) is 2.28. The Kier molecular flexibility index (Phi) is 7.08. The van der Waals surface area contributed by atoms with Crippen molar-refractivity contribution >= 4 is 11.6 Å². The van der Waals surface area contributed by atoms with Crippen LogP contribution in [0.25, 0.3) is 0 Å². The number of amides is 1. The van der Waals surface area contributed by atoms with Crippen LogP contribution in [0.15, 0.2) is 42.7 Å². The van der Waals surface area contributed by atoms with Crippen molar-refractivity contribution in [1.29, 1.82) is 0 Å². The third kappa shape index (κ3) is 5.57. The molecule has 2 N–H and O–H groups in total. The quantitative estimate of drug-likeness (QED) is 0.694. The fraction of sp³-hybridized carbons (Fsp3) is 0.368. The highest BCUT2D eigenvalue weighted by atomic mass is 16.5. The average Bonchev–Trinajstić information content (AvgIpc) is 2.63. The van der Waals surface area contributed by atoms with Gasteiger partial charge in [0.25, 0.3) is 5.91 Å². The lowest BCUT2D eigenvalue weighted by molar-refractivity contribution is 0.0954. The molecule has 0 bridgehead atoms. The number of ether oxygens (including phenoxy) is 1. The van der Waals surface area contributed by atoms with Gasteiger partial charge in [-0.1, -0.05) is 25.5 Å². The summed E-state index contributed by atoms with van der Waals surface area (Å²) >= 11 is 0. The van der Waals surface area contributed by atoms with Crippen LogP contribution in [0.2, 0.25) is 0 Å². The second-order valence-corrected chi connectivity index (χ2v) is 5.60. The van der Waals surface area contributed by atoms with Crippen LogP contribution in [0.3, 0.4) is 0 Å². The SMILES string of the molecule is CCCCNc1cncc(C(=O)NCCc2ccc(OC)cc2)c1. The molecule has 2 aromatic rings. The Morgan fingerprint density at radius 2 is 1.96 bits per heavy atom. The number of unbranched alkanes of at least 4 members (excludes halogenated alkanes) is 1. The Morgan fingerprint density at radius 1 is 1.17 bits per heavy atom. The molecular formula is C19H25N3O2. The molecule has 5 heteroatoms. The molecule has 0 aliphatic heterocycles. The second kappa shape index (κ2) is 9.55. The fourth-order valence-electron chi connectivity index (χ4n) is 2.28. The van der Waals surface area contributed by atoms with E-state index in [0.29, 0.717) is 12.1 Å². The van der Waals surface area contributed by atoms with Gasteiger partial charge in [0.1, 0.15) is 5.75 Å². The number of aromatic nitrogens is 1. The molecule has 1 aromatic carbocycles. The van der Waals surface area contributed by atoms with Gasteiger partial charge in [-0.15, -0.1) is 0 Å². The number of carbonyl (C=O) groups excluding carboxylic acids is 1. The molecule has 0 saturated carbocycles. The molecule has 0 fully saturated rings. The van der Waals surface area contributed by atoms with E-state index in [2.05, 4.69) is 22.5 Å². The van der Waals surface area contributed by atoms with Crippen molar-refractivity contribution in [3.05, 3.63) is 53.9 Å². The van der Waals surface area contributed by atoms with E-state index in [1.165, 1.54) is 0 Å². The number of hydrogen-bond acceptors (Lipinski definition) is 4. The molecule has 1 heterocycles. The van der Waals surface area contributed by atoms with Gasteiger partial charge < -0.3 is 15.4 Å². The predicted molar refractivity (Wildman–Crippen MR) is 96.7 cm³/mol. The van der Waals surface area contributed by atoms with Crippen molar-refractivity contribution in [2.75, 3.05) is 25.5 Å². The largest absolute Gasteiger partial charge is 0.497 e. The Morgan fingerprint density at radius 3 is 2.67 bits per heavy atom. The summed E-state index contributed by atoms with van der Waals surface area (Å²) in [4.78, 5) is 16.4. The number of anilines is 1. The van der Waals surface area contributed by atoms with E-state index in [9.17, 15) is 4.79 Å². The minimum absolute atomic E-state index is 0.102. The summed E-state index contributed by atoms with van der Waals surface area (Å²) in [7, 11) is 1.65. The van der Waals surface area contributed by atoms with Crippen LogP contribution in [0, 0.1) is 0 Å². The molecule has 0 aliphatic carbocycles. The van der Waals surface area contributed by atoms with E-state index in [1.807, 2.05) is 30.3 Å². The molecular weight excluding hydrogens is 302 g/mol. The first kappa shape index (κ1) is 17.8. The van der Waals surface area contributed by atoms with Crippen LogP contribution in [0.1, 0.15) is 35.7 Å². The molecule has 128 valence electrons. The molecule has 2 rings (SSSR count). The molecule has 0 spiro atoms. The summed E-state index contributed by atoms with van der Waals surface area (Å²) in [6, 6.07) is 9.69. The summed E-state index contributed by atoms with van der Waals surface area (Å²) in [5.41, 5.74) is 2.61. The third-order valence-corrected chi connectivity index (χ3v) is 3.72. The lowest BCUT2D eigenvalue weighted by atomic mass is 10.1. The van der Waals surface area contributed by atoms with Crippen molar-refractivity contribution in [1.82, 2.24) is 10.3 Å². The molecule has 0 unspecified atom stereocenters. The molecule has 1 amide bonds. The maximum absolute atomic E-state index is 12.2. The first-order valence-corrected chi connectivity index (χ1v) is 8.33. The number of pyridine rings is 1. The standard InChI is InChI=1S/C19H25N3O2/c1-3-4-10-21-17-12-16(13-20-14-17)19(23)22-11-9-15-5-7-18(24-2)8-6-15/h5-8,12-14,21H,3-4,9-11H2,1-2H3,(H,22,23). The highest BCUT2D eigenvalue weighted by Crippen LogP contribution is 2.12. The zero-order valence-corrected chi connectivity index (χ0v) is 14.3. The van der Waals surface area contributed by atoms with Crippen molar-refractivity contribution in [3.8, 4) is 5.75 Å². The molecule has 0 aliphatic rings. The smallest absolute Gasteiger partial charge is 0.252 e. The molecule has 0 atom stereocenters. The number of methoxy groups -OCH3 is 1. The van der Waals surface area contributed by atoms with E-state index in [1.54, 1.807) is 19.5 Å². The van der Waals surface area contributed by atoms with Gasteiger partial charge in [0.15, 0.2) is 0 Å². The maximum atomic E-state index is 12.2. The van der Waals surface area contributed by atoms with Crippen LogP contribution in [0.5, 0.6) is 5.75 Å². The number of carbonyl (C=O) groups is 1. The number of benzene rings is 1. The van der Waals surface area contributed by atoms with Gasteiger partial charge in [-0.3, -0.25) is 9.78 Å². The number of nitrogens with zero attached hydrogens (tertiary/aromatic N) is 1. The molecule has 5 nitrogen and oxygen atoms in total. The number of hydrogen-bond donors (Lipinski definition) is 2.